The minimum absolute atomic E-state index is 0.231. The molecule has 0 aromatic rings. The standard InChI is InChI=1S/C5H10O.C2H4O/c1-5(2)3-4-6;1-2-3-1/h6H,1,3-4H2,2H3;1-2H2. The molecule has 0 atom stereocenters. The van der Waals surface area contributed by atoms with Gasteiger partial charge in [-0.15, -0.1) is 6.58 Å². The fourth-order valence-corrected chi connectivity index (χ4v) is 0.191. The van der Waals surface area contributed by atoms with Crippen LogP contribution in [0, 0.1) is 0 Å². The Hall–Kier alpha value is -0.340. The van der Waals surface area contributed by atoms with E-state index in [0.717, 1.165) is 25.2 Å². The van der Waals surface area contributed by atoms with Crippen LogP contribution in [0.15, 0.2) is 12.2 Å². The Labute approximate surface area is 56.1 Å². The van der Waals surface area contributed by atoms with E-state index in [1.54, 1.807) is 0 Å². The summed E-state index contributed by atoms with van der Waals surface area (Å²) in [4.78, 5) is 0. The molecule has 1 aliphatic rings. The van der Waals surface area contributed by atoms with Gasteiger partial charge in [0.05, 0.1) is 13.2 Å². The minimum Gasteiger partial charge on any atom is -0.396 e. The molecule has 2 nitrogen and oxygen atoms in total. The molecule has 1 saturated heterocycles. The van der Waals surface area contributed by atoms with Crippen molar-refractivity contribution in [1.82, 2.24) is 0 Å². The van der Waals surface area contributed by atoms with E-state index in [2.05, 4.69) is 11.3 Å². The second-order valence-electron chi connectivity index (χ2n) is 2.04. The van der Waals surface area contributed by atoms with E-state index in [9.17, 15) is 0 Å². The SMILES string of the molecule is C1CO1.C=C(C)CCO. The number of aliphatic hydroxyl groups is 1. The predicted octanol–water partition coefficient (Wildman–Crippen LogP) is 0.961. The lowest BCUT2D eigenvalue weighted by molar-refractivity contribution is 0.299. The summed E-state index contributed by atoms with van der Waals surface area (Å²) in [5, 5.41) is 8.18. The van der Waals surface area contributed by atoms with Crippen LogP contribution >= 0.6 is 0 Å². The van der Waals surface area contributed by atoms with Crippen LogP contribution in [0.4, 0.5) is 0 Å². The van der Waals surface area contributed by atoms with Crippen molar-refractivity contribution < 1.29 is 9.84 Å². The first-order chi connectivity index (χ1) is 4.27. The molecule has 54 valence electrons. The summed E-state index contributed by atoms with van der Waals surface area (Å²) in [5.74, 6) is 0. The van der Waals surface area contributed by atoms with Crippen molar-refractivity contribution in [1.29, 1.82) is 0 Å². The van der Waals surface area contributed by atoms with E-state index in [0.29, 0.717) is 0 Å². The Balaban J connectivity index is 0.000000173. The number of rotatable bonds is 2. The molecule has 1 heterocycles. The van der Waals surface area contributed by atoms with Crippen molar-refractivity contribution in [3.63, 3.8) is 0 Å². The van der Waals surface area contributed by atoms with Crippen LogP contribution < -0.4 is 0 Å². The Morgan fingerprint density at radius 2 is 2.11 bits per heavy atom. The average molecular weight is 130 g/mol. The second-order valence-corrected chi connectivity index (χ2v) is 2.04. The highest BCUT2D eigenvalue weighted by atomic mass is 16.6. The maximum absolute atomic E-state index is 8.18. The highest BCUT2D eigenvalue weighted by Gasteiger charge is 1.94. The molecule has 0 unspecified atom stereocenters. The average Bonchev–Trinajstić information content (AvgIpc) is 2.45. The molecule has 0 spiro atoms. The summed E-state index contributed by atoms with van der Waals surface area (Å²) < 4.78 is 4.50. The number of epoxide rings is 1. The van der Waals surface area contributed by atoms with Gasteiger partial charge in [-0.1, -0.05) is 5.57 Å². The zero-order valence-corrected chi connectivity index (χ0v) is 5.89. The Morgan fingerprint density at radius 3 is 2.11 bits per heavy atom. The van der Waals surface area contributed by atoms with Gasteiger partial charge in [0.1, 0.15) is 0 Å². The summed E-state index contributed by atoms with van der Waals surface area (Å²) in [6.45, 7) is 7.72. The highest BCUT2D eigenvalue weighted by Crippen LogP contribution is 1.90. The third kappa shape index (κ3) is 18.3. The Kier molecular flexibility index (Phi) is 5.57. The molecule has 9 heavy (non-hydrogen) atoms. The van der Waals surface area contributed by atoms with Gasteiger partial charge >= 0.3 is 0 Å². The maximum Gasteiger partial charge on any atom is 0.0701 e. The molecule has 0 bridgehead atoms. The normalized spacial score (nSPS) is 13.6. The fourth-order valence-electron chi connectivity index (χ4n) is 0.191. The fraction of sp³-hybridized carbons (Fsp3) is 0.714. The zero-order valence-electron chi connectivity index (χ0n) is 5.89. The maximum atomic E-state index is 8.18. The lowest BCUT2D eigenvalue weighted by atomic mass is 10.3. The molecule has 0 amide bonds. The minimum atomic E-state index is 0.231. The number of ether oxygens (including phenoxy) is 1. The second kappa shape index (κ2) is 5.79. The molecule has 0 aromatic heterocycles. The van der Waals surface area contributed by atoms with Crippen LogP contribution in [-0.4, -0.2) is 24.9 Å². The monoisotopic (exact) mass is 130 g/mol. The van der Waals surface area contributed by atoms with Crippen molar-refractivity contribution in [3.05, 3.63) is 12.2 Å². The third-order valence-electron chi connectivity index (χ3n) is 0.743. The lowest BCUT2D eigenvalue weighted by Gasteiger charge is -1.87. The van der Waals surface area contributed by atoms with E-state index in [1.165, 1.54) is 0 Å². The molecule has 0 radical (unpaired) electrons. The zero-order chi connectivity index (χ0) is 7.11. The van der Waals surface area contributed by atoms with Crippen LogP contribution in [0.5, 0.6) is 0 Å². The van der Waals surface area contributed by atoms with Gasteiger partial charge in [0.15, 0.2) is 0 Å². The predicted molar refractivity (Wildman–Crippen MR) is 37.3 cm³/mol. The molecule has 2 heteroatoms. The van der Waals surface area contributed by atoms with E-state index >= 15 is 0 Å². The molecular formula is C7H14O2. The van der Waals surface area contributed by atoms with Crippen LogP contribution in [0.2, 0.25) is 0 Å². The first kappa shape index (κ1) is 8.66. The molecule has 0 aromatic carbocycles. The van der Waals surface area contributed by atoms with Gasteiger partial charge in [0.25, 0.3) is 0 Å². The van der Waals surface area contributed by atoms with Gasteiger partial charge in [0.2, 0.25) is 0 Å². The molecular weight excluding hydrogens is 116 g/mol. The molecule has 0 aliphatic carbocycles. The molecule has 1 aliphatic heterocycles. The number of hydrogen-bond donors (Lipinski definition) is 1. The third-order valence-corrected chi connectivity index (χ3v) is 0.743. The number of aliphatic hydroxyl groups excluding tert-OH is 1. The van der Waals surface area contributed by atoms with Crippen LogP contribution in [0.1, 0.15) is 13.3 Å². The first-order valence-corrected chi connectivity index (χ1v) is 3.10. The first-order valence-electron chi connectivity index (χ1n) is 3.10. The largest absolute Gasteiger partial charge is 0.396 e. The quantitative estimate of drug-likeness (QED) is 0.446. The van der Waals surface area contributed by atoms with Gasteiger partial charge in [-0.3, -0.25) is 0 Å². The van der Waals surface area contributed by atoms with Gasteiger partial charge in [-0.05, 0) is 13.3 Å². The van der Waals surface area contributed by atoms with Gasteiger partial charge in [-0.25, -0.2) is 0 Å². The van der Waals surface area contributed by atoms with Crippen molar-refractivity contribution in [2.45, 2.75) is 13.3 Å². The smallest absolute Gasteiger partial charge is 0.0701 e. The topological polar surface area (TPSA) is 32.8 Å². The van der Waals surface area contributed by atoms with E-state index in [4.69, 9.17) is 5.11 Å². The van der Waals surface area contributed by atoms with Crippen molar-refractivity contribution >= 4 is 0 Å². The molecule has 1 fully saturated rings. The van der Waals surface area contributed by atoms with E-state index in [-0.39, 0.29) is 6.61 Å². The summed E-state index contributed by atoms with van der Waals surface area (Å²) in [6, 6.07) is 0. The van der Waals surface area contributed by atoms with E-state index < -0.39 is 0 Å². The van der Waals surface area contributed by atoms with Crippen LogP contribution in [-0.2, 0) is 4.74 Å². The summed E-state index contributed by atoms with van der Waals surface area (Å²) in [6.07, 6.45) is 0.736. The summed E-state index contributed by atoms with van der Waals surface area (Å²) >= 11 is 0. The Morgan fingerprint density at radius 1 is 1.67 bits per heavy atom. The van der Waals surface area contributed by atoms with Crippen LogP contribution in [0.25, 0.3) is 0 Å². The molecule has 1 rings (SSSR count). The van der Waals surface area contributed by atoms with Crippen LogP contribution in [0.3, 0.4) is 0 Å². The van der Waals surface area contributed by atoms with Crippen molar-refractivity contribution in [2.24, 2.45) is 0 Å². The summed E-state index contributed by atoms with van der Waals surface area (Å²) in [5.41, 5.74) is 1.04. The molecule has 0 saturated carbocycles. The van der Waals surface area contributed by atoms with Gasteiger partial charge in [0, 0.05) is 6.61 Å². The highest BCUT2D eigenvalue weighted by molar-refractivity contribution is 4.86. The lowest BCUT2D eigenvalue weighted by Crippen LogP contribution is -1.79. The van der Waals surface area contributed by atoms with E-state index in [1.807, 2.05) is 6.92 Å². The summed E-state index contributed by atoms with van der Waals surface area (Å²) in [7, 11) is 0. The van der Waals surface area contributed by atoms with Gasteiger partial charge in [-0.2, -0.15) is 0 Å². The number of hydrogen-bond acceptors (Lipinski definition) is 2. The molecule has 1 N–H and O–H groups in total. The van der Waals surface area contributed by atoms with Crippen molar-refractivity contribution in [3.8, 4) is 0 Å². The van der Waals surface area contributed by atoms with Gasteiger partial charge < -0.3 is 9.84 Å². The Bertz CT molecular complexity index is 74.2. The van der Waals surface area contributed by atoms with Crippen molar-refractivity contribution in [2.75, 3.05) is 19.8 Å².